The van der Waals surface area contributed by atoms with Crippen molar-refractivity contribution in [3.63, 3.8) is 0 Å². The second-order valence-corrected chi connectivity index (χ2v) is 8.25. The molecule has 0 radical (unpaired) electrons. The van der Waals surface area contributed by atoms with Crippen LogP contribution in [0.5, 0.6) is 0 Å². The van der Waals surface area contributed by atoms with E-state index in [4.69, 9.17) is 0 Å². The van der Waals surface area contributed by atoms with E-state index in [2.05, 4.69) is 29.6 Å². The van der Waals surface area contributed by atoms with E-state index < -0.39 is 5.67 Å². The van der Waals surface area contributed by atoms with E-state index in [-0.39, 0.29) is 6.04 Å². The topological polar surface area (TPSA) is 12.0 Å². The summed E-state index contributed by atoms with van der Waals surface area (Å²) in [6.07, 6.45) is 1.83. The molecule has 1 saturated heterocycles. The maximum atomic E-state index is 17.0. The molecule has 1 aliphatic rings. The molecular weight excluding hydrogens is 381 g/mol. The Bertz CT molecular complexity index is 1030. The van der Waals surface area contributed by atoms with E-state index in [9.17, 15) is 0 Å². The highest BCUT2D eigenvalue weighted by Gasteiger charge is 2.43. The monoisotopic (exact) mass is 407 g/mol. The van der Waals surface area contributed by atoms with E-state index in [1.807, 2.05) is 84.9 Å². The normalized spacial score (nSPS) is 16.4. The number of rotatable bonds is 5. The Balaban J connectivity index is 1.52. The quantitative estimate of drug-likeness (QED) is 0.376. The van der Waals surface area contributed by atoms with E-state index in [1.54, 1.807) is 0 Å². The molecule has 1 heterocycles. The first-order valence-electron chi connectivity index (χ1n) is 11.0. The van der Waals surface area contributed by atoms with Crippen molar-refractivity contribution in [1.82, 2.24) is 5.32 Å². The van der Waals surface area contributed by atoms with Crippen LogP contribution in [0.4, 0.5) is 4.39 Å². The zero-order chi connectivity index (χ0) is 21.1. The lowest BCUT2D eigenvalue weighted by molar-refractivity contribution is 0.163. The maximum Gasteiger partial charge on any atom is 0.176 e. The first kappa shape index (κ1) is 19.7. The van der Waals surface area contributed by atoms with Crippen LogP contribution in [0, 0.1) is 0 Å². The molecule has 2 heteroatoms. The summed E-state index contributed by atoms with van der Waals surface area (Å²) >= 11 is 0. The summed E-state index contributed by atoms with van der Waals surface area (Å²) in [5.74, 6) is 0. The number of hydrogen-bond acceptors (Lipinski definition) is 1. The number of benzene rings is 4. The Labute approximate surface area is 183 Å². The van der Waals surface area contributed by atoms with E-state index in [1.165, 1.54) is 0 Å². The molecule has 1 N–H and O–H groups in total. The van der Waals surface area contributed by atoms with Gasteiger partial charge < -0.3 is 5.32 Å². The van der Waals surface area contributed by atoms with Gasteiger partial charge in [-0.3, -0.25) is 0 Å². The lowest BCUT2D eigenvalue weighted by atomic mass is 9.80. The molecule has 0 aliphatic carbocycles. The summed E-state index contributed by atoms with van der Waals surface area (Å²) in [6, 6.07) is 36.2. The molecule has 0 aromatic heterocycles. The standard InChI is InChI=1S/C29H26FN/c30-29(28-12-7-21-31-28,26-17-13-24(14-18-26)22-8-3-1-4-9-22)27-19-15-25(16-20-27)23-10-5-2-6-11-23/h1-6,8-11,13-20,28,31H,7,12,21H2/t28-/m1/s1. The third kappa shape index (κ3) is 3.80. The highest BCUT2D eigenvalue weighted by atomic mass is 19.1. The molecule has 4 aromatic rings. The zero-order valence-electron chi connectivity index (χ0n) is 17.5. The molecule has 1 atom stereocenters. The van der Waals surface area contributed by atoms with Gasteiger partial charge in [-0.15, -0.1) is 0 Å². The van der Waals surface area contributed by atoms with Crippen molar-refractivity contribution in [1.29, 1.82) is 0 Å². The van der Waals surface area contributed by atoms with Crippen LogP contribution in [-0.4, -0.2) is 12.6 Å². The van der Waals surface area contributed by atoms with Crippen LogP contribution in [0.25, 0.3) is 22.3 Å². The van der Waals surface area contributed by atoms with Crippen LogP contribution >= 0.6 is 0 Å². The van der Waals surface area contributed by atoms with Gasteiger partial charge in [0.25, 0.3) is 0 Å². The molecule has 1 nitrogen and oxygen atoms in total. The van der Waals surface area contributed by atoms with Gasteiger partial charge in [0, 0.05) is 6.04 Å². The van der Waals surface area contributed by atoms with Gasteiger partial charge in [-0.05, 0) is 52.8 Å². The number of hydrogen-bond donors (Lipinski definition) is 1. The van der Waals surface area contributed by atoms with Crippen molar-refractivity contribution in [2.24, 2.45) is 0 Å². The van der Waals surface area contributed by atoms with Crippen molar-refractivity contribution in [2.45, 2.75) is 24.6 Å². The van der Waals surface area contributed by atoms with Gasteiger partial charge in [-0.1, -0.05) is 109 Å². The molecular formula is C29H26FN. The van der Waals surface area contributed by atoms with Crippen LogP contribution in [0.2, 0.25) is 0 Å². The van der Waals surface area contributed by atoms with Crippen LogP contribution in [0.15, 0.2) is 109 Å². The maximum absolute atomic E-state index is 17.0. The van der Waals surface area contributed by atoms with Crippen LogP contribution in [0.1, 0.15) is 24.0 Å². The summed E-state index contributed by atoms with van der Waals surface area (Å²) in [5.41, 5.74) is 4.34. The summed E-state index contributed by atoms with van der Waals surface area (Å²) in [6.45, 7) is 0.862. The van der Waals surface area contributed by atoms with Gasteiger partial charge in [-0.2, -0.15) is 0 Å². The Kier molecular flexibility index (Phi) is 5.40. The van der Waals surface area contributed by atoms with Crippen LogP contribution in [0.3, 0.4) is 0 Å². The van der Waals surface area contributed by atoms with Crippen LogP contribution < -0.4 is 5.32 Å². The van der Waals surface area contributed by atoms with Gasteiger partial charge in [0.15, 0.2) is 5.67 Å². The second-order valence-electron chi connectivity index (χ2n) is 8.25. The molecule has 0 saturated carbocycles. The molecule has 0 amide bonds. The third-order valence-electron chi connectivity index (χ3n) is 6.36. The van der Waals surface area contributed by atoms with E-state index in [0.717, 1.165) is 41.6 Å². The summed E-state index contributed by atoms with van der Waals surface area (Å²) in [5, 5.41) is 3.41. The van der Waals surface area contributed by atoms with Gasteiger partial charge in [0.1, 0.15) is 0 Å². The predicted octanol–water partition coefficient (Wildman–Crippen LogP) is 6.99. The average Bonchev–Trinajstić information content (AvgIpc) is 3.41. The number of alkyl halides is 1. The van der Waals surface area contributed by atoms with Gasteiger partial charge in [0.05, 0.1) is 0 Å². The fraction of sp³-hybridized carbons (Fsp3) is 0.172. The third-order valence-corrected chi connectivity index (χ3v) is 6.36. The molecule has 1 aliphatic heterocycles. The Hall–Kier alpha value is -3.23. The minimum Gasteiger partial charge on any atom is -0.310 e. The Morgan fingerprint density at radius 3 is 1.39 bits per heavy atom. The highest BCUT2D eigenvalue weighted by Crippen LogP contribution is 2.41. The molecule has 1 fully saturated rings. The SMILES string of the molecule is FC(c1ccc(-c2ccccc2)cc1)(c1ccc(-c2ccccc2)cc1)[C@H]1CCCN1. The molecule has 4 aromatic carbocycles. The van der Waals surface area contributed by atoms with Crippen molar-refractivity contribution in [3.8, 4) is 22.3 Å². The van der Waals surface area contributed by atoms with Gasteiger partial charge >= 0.3 is 0 Å². The number of halogens is 1. The Morgan fingerprint density at radius 2 is 1.00 bits per heavy atom. The zero-order valence-corrected chi connectivity index (χ0v) is 17.5. The lowest BCUT2D eigenvalue weighted by Crippen LogP contribution is -2.42. The molecule has 0 spiro atoms. The van der Waals surface area contributed by atoms with Gasteiger partial charge in [0.2, 0.25) is 0 Å². The molecule has 31 heavy (non-hydrogen) atoms. The number of nitrogens with one attached hydrogen (secondary N) is 1. The Morgan fingerprint density at radius 1 is 0.581 bits per heavy atom. The molecule has 154 valence electrons. The first-order valence-corrected chi connectivity index (χ1v) is 11.0. The largest absolute Gasteiger partial charge is 0.310 e. The smallest absolute Gasteiger partial charge is 0.176 e. The fourth-order valence-corrected chi connectivity index (χ4v) is 4.66. The summed E-state index contributed by atoms with van der Waals surface area (Å²) < 4.78 is 17.0. The van der Waals surface area contributed by atoms with E-state index in [0.29, 0.717) is 11.1 Å². The predicted molar refractivity (Wildman–Crippen MR) is 127 cm³/mol. The van der Waals surface area contributed by atoms with Crippen LogP contribution in [-0.2, 0) is 5.67 Å². The van der Waals surface area contributed by atoms with Crippen molar-refractivity contribution in [2.75, 3.05) is 6.54 Å². The minimum atomic E-state index is -1.57. The second kappa shape index (κ2) is 8.49. The molecule has 5 rings (SSSR count). The minimum absolute atomic E-state index is 0.224. The van der Waals surface area contributed by atoms with Crippen molar-refractivity contribution >= 4 is 0 Å². The van der Waals surface area contributed by atoms with Gasteiger partial charge in [-0.25, -0.2) is 4.39 Å². The molecule has 0 bridgehead atoms. The van der Waals surface area contributed by atoms with Crippen molar-refractivity contribution < 1.29 is 4.39 Å². The summed E-state index contributed by atoms with van der Waals surface area (Å²) in [4.78, 5) is 0. The van der Waals surface area contributed by atoms with E-state index >= 15 is 4.39 Å². The highest BCUT2D eigenvalue weighted by molar-refractivity contribution is 5.65. The first-order chi connectivity index (χ1) is 15.2. The average molecular weight is 408 g/mol. The van der Waals surface area contributed by atoms with Crippen molar-refractivity contribution in [3.05, 3.63) is 120 Å². The lowest BCUT2D eigenvalue weighted by Gasteiger charge is -2.33. The summed E-state index contributed by atoms with van der Waals surface area (Å²) in [7, 11) is 0. The fourth-order valence-electron chi connectivity index (χ4n) is 4.66. The molecule has 0 unspecified atom stereocenters.